The number of carbonyl (C=O) groups is 2. The predicted octanol–water partition coefficient (Wildman–Crippen LogP) is 3.50. The van der Waals surface area contributed by atoms with E-state index in [0.29, 0.717) is 10.0 Å². The largest absolute Gasteiger partial charge is 0.481 e. The third-order valence-electron chi connectivity index (χ3n) is 2.62. The Hall–Kier alpha value is -1.63. The monoisotopic (exact) mass is 375 g/mol. The number of carboxylic acids is 1. The number of alkyl carbamates (subject to hydrolysis) is 1. The van der Waals surface area contributed by atoms with Crippen LogP contribution >= 0.6 is 15.9 Å². The first-order chi connectivity index (χ1) is 10.1. The zero-order valence-electron chi connectivity index (χ0n) is 12.7. The molecule has 0 aliphatic carbocycles. The van der Waals surface area contributed by atoms with E-state index < -0.39 is 29.5 Å². The summed E-state index contributed by atoms with van der Waals surface area (Å²) in [5.41, 5.74) is -0.369. The van der Waals surface area contributed by atoms with Gasteiger partial charge in [-0.05, 0) is 44.9 Å². The van der Waals surface area contributed by atoms with E-state index in [9.17, 15) is 14.0 Å². The molecule has 0 aliphatic rings. The minimum absolute atomic E-state index is 0.0602. The number of hydrogen-bond donors (Lipinski definition) is 2. The number of carbonyl (C=O) groups excluding carboxylic acids is 1. The molecule has 0 fully saturated rings. The molecular formula is C15H19BrFNO4. The summed E-state index contributed by atoms with van der Waals surface area (Å²) in [5, 5.41) is 11.4. The second-order valence-corrected chi connectivity index (χ2v) is 6.80. The summed E-state index contributed by atoms with van der Waals surface area (Å²) in [6.07, 6.45) is -0.990. The van der Waals surface area contributed by atoms with Gasteiger partial charge in [-0.1, -0.05) is 22.0 Å². The van der Waals surface area contributed by atoms with E-state index in [1.165, 1.54) is 6.07 Å². The number of carboxylic acid groups (broad SMARTS) is 1. The van der Waals surface area contributed by atoms with E-state index in [2.05, 4.69) is 21.2 Å². The average Bonchev–Trinajstić information content (AvgIpc) is 2.29. The van der Waals surface area contributed by atoms with Gasteiger partial charge < -0.3 is 15.2 Å². The van der Waals surface area contributed by atoms with Crippen molar-refractivity contribution >= 4 is 28.0 Å². The molecule has 7 heteroatoms. The third kappa shape index (κ3) is 6.89. The first kappa shape index (κ1) is 18.4. The highest BCUT2D eigenvalue weighted by atomic mass is 79.9. The number of nitrogens with one attached hydrogen (secondary N) is 1. The number of halogens is 2. The number of ether oxygens (including phenoxy) is 1. The summed E-state index contributed by atoms with van der Waals surface area (Å²) in [6, 6.07) is 3.73. The molecule has 0 aliphatic heterocycles. The van der Waals surface area contributed by atoms with Gasteiger partial charge in [0.05, 0.1) is 6.42 Å². The summed E-state index contributed by atoms with van der Waals surface area (Å²) < 4.78 is 19.5. The van der Waals surface area contributed by atoms with E-state index in [0.717, 1.165) is 0 Å². The second-order valence-electron chi connectivity index (χ2n) is 5.88. The van der Waals surface area contributed by atoms with Crippen molar-refractivity contribution in [1.29, 1.82) is 0 Å². The number of aliphatic carboxylic acids is 1. The fourth-order valence-electron chi connectivity index (χ4n) is 1.81. The van der Waals surface area contributed by atoms with Crippen molar-refractivity contribution < 1.29 is 23.8 Å². The van der Waals surface area contributed by atoms with Crippen molar-refractivity contribution in [2.45, 2.75) is 45.3 Å². The predicted molar refractivity (Wildman–Crippen MR) is 83.2 cm³/mol. The van der Waals surface area contributed by atoms with Gasteiger partial charge in [-0.15, -0.1) is 0 Å². The van der Waals surface area contributed by atoms with Crippen molar-refractivity contribution in [2.75, 3.05) is 0 Å². The minimum Gasteiger partial charge on any atom is -0.481 e. The Morgan fingerprint density at radius 2 is 2.05 bits per heavy atom. The highest BCUT2D eigenvalue weighted by Crippen LogP contribution is 2.17. The zero-order chi connectivity index (χ0) is 16.9. The molecule has 1 amide bonds. The Bertz CT molecular complexity index is 557. The van der Waals surface area contributed by atoms with E-state index in [1.807, 2.05) is 0 Å². The second kappa shape index (κ2) is 7.58. The maximum Gasteiger partial charge on any atom is 0.407 e. The van der Waals surface area contributed by atoms with Crippen LogP contribution in [0.25, 0.3) is 0 Å². The topological polar surface area (TPSA) is 75.6 Å². The molecule has 0 radical (unpaired) electrons. The van der Waals surface area contributed by atoms with Crippen LogP contribution in [0.3, 0.4) is 0 Å². The summed E-state index contributed by atoms with van der Waals surface area (Å²) in [7, 11) is 0. The molecule has 0 unspecified atom stereocenters. The Morgan fingerprint density at radius 1 is 1.41 bits per heavy atom. The smallest absolute Gasteiger partial charge is 0.407 e. The van der Waals surface area contributed by atoms with Crippen molar-refractivity contribution in [2.24, 2.45) is 0 Å². The summed E-state index contributed by atoms with van der Waals surface area (Å²) >= 11 is 3.15. The molecule has 1 aromatic carbocycles. The average molecular weight is 376 g/mol. The molecule has 1 aromatic rings. The van der Waals surface area contributed by atoms with Crippen LogP contribution in [0.5, 0.6) is 0 Å². The van der Waals surface area contributed by atoms with Gasteiger partial charge in [0.1, 0.15) is 11.4 Å². The van der Waals surface area contributed by atoms with Crippen molar-refractivity contribution in [1.82, 2.24) is 5.32 Å². The number of amides is 1. The van der Waals surface area contributed by atoms with Crippen molar-refractivity contribution in [3.05, 3.63) is 34.1 Å². The summed E-state index contributed by atoms with van der Waals surface area (Å²) in [5.74, 6) is -1.55. The van der Waals surface area contributed by atoms with Crippen LogP contribution in [0.15, 0.2) is 22.7 Å². The highest BCUT2D eigenvalue weighted by molar-refractivity contribution is 9.10. The van der Waals surface area contributed by atoms with Crippen LogP contribution in [-0.4, -0.2) is 28.8 Å². The van der Waals surface area contributed by atoms with Gasteiger partial charge in [0.2, 0.25) is 0 Å². The van der Waals surface area contributed by atoms with Crippen LogP contribution in [0.4, 0.5) is 9.18 Å². The lowest BCUT2D eigenvalue weighted by Crippen LogP contribution is -2.41. The van der Waals surface area contributed by atoms with Crippen molar-refractivity contribution in [3.8, 4) is 0 Å². The lowest BCUT2D eigenvalue weighted by atomic mass is 10.0. The number of rotatable bonds is 5. The molecule has 0 heterocycles. The Labute approximate surface area is 137 Å². The molecule has 0 saturated carbocycles. The quantitative estimate of drug-likeness (QED) is 0.825. The zero-order valence-corrected chi connectivity index (χ0v) is 14.2. The maximum absolute atomic E-state index is 13.8. The molecule has 2 N–H and O–H groups in total. The minimum atomic E-state index is -1.08. The molecule has 22 heavy (non-hydrogen) atoms. The van der Waals surface area contributed by atoms with Crippen LogP contribution < -0.4 is 5.32 Å². The van der Waals surface area contributed by atoms with Gasteiger partial charge >= 0.3 is 12.1 Å². The third-order valence-corrected chi connectivity index (χ3v) is 3.12. The van der Waals surface area contributed by atoms with E-state index >= 15 is 0 Å². The van der Waals surface area contributed by atoms with Crippen LogP contribution in [0.2, 0.25) is 0 Å². The molecule has 0 saturated heterocycles. The molecular weight excluding hydrogens is 357 g/mol. The highest BCUT2D eigenvalue weighted by Gasteiger charge is 2.22. The molecule has 0 spiro atoms. The van der Waals surface area contributed by atoms with Gasteiger partial charge in [0.15, 0.2) is 0 Å². The van der Waals surface area contributed by atoms with Gasteiger partial charge in [0, 0.05) is 10.5 Å². The molecule has 0 bridgehead atoms. The van der Waals surface area contributed by atoms with Crippen LogP contribution in [-0.2, 0) is 16.0 Å². The molecule has 122 valence electrons. The van der Waals surface area contributed by atoms with E-state index in [-0.39, 0.29) is 12.8 Å². The van der Waals surface area contributed by atoms with E-state index in [1.54, 1.807) is 32.9 Å². The fraction of sp³-hybridized carbons (Fsp3) is 0.467. The maximum atomic E-state index is 13.8. The fourth-order valence-corrected chi connectivity index (χ4v) is 2.15. The molecule has 5 nitrogen and oxygen atoms in total. The number of benzene rings is 1. The lowest BCUT2D eigenvalue weighted by Gasteiger charge is -2.23. The number of hydrogen-bond acceptors (Lipinski definition) is 3. The molecule has 1 atom stereocenters. The first-order valence-electron chi connectivity index (χ1n) is 6.72. The van der Waals surface area contributed by atoms with Gasteiger partial charge in [0.25, 0.3) is 0 Å². The standard InChI is InChI=1S/C15H19BrFNO4/c1-15(2,3)22-14(21)18-11(8-13(19)20)6-9-4-5-10(16)7-12(9)17/h4-5,7,11H,6,8H2,1-3H3,(H,18,21)(H,19,20)/t11-/m1/s1. The molecule has 0 aromatic heterocycles. The van der Waals surface area contributed by atoms with E-state index in [4.69, 9.17) is 9.84 Å². The normalized spacial score (nSPS) is 12.6. The Kier molecular flexibility index (Phi) is 6.34. The van der Waals surface area contributed by atoms with Crippen molar-refractivity contribution in [3.63, 3.8) is 0 Å². The Balaban J connectivity index is 2.80. The molecule has 1 rings (SSSR count). The van der Waals surface area contributed by atoms with Crippen LogP contribution in [0.1, 0.15) is 32.8 Å². The van der Waals surface area contributed by atoms with Gasteiger partial charge in [-0.25, -0.2) is 9.18 Å². The lowest BCUT2D eigenvalue weighted by molar-refractivity contribution is -0.137. The summed E-state index contributed by atoms with van der Waals surface area (Å²) in [6.45, 7) is 5.10. The van der Waals surface area contributed by atoms with Gasteiger partial charge in [-0.3, -0.25) is 4.79 Å². The first-order valence-corrected chi connectivity index (χ1v) is 7.51. The van der Waals surface area contributed by atoms with Gasteiger partial charge in [-0.2, -0.15) is 0 Å². The Morgan fingerprint density at radius 3 is 2.55 bits per heavy atom. The summed E-state index contributed by atoms with van der Waals surface area (Å²) in [4.78, 5) is 22.7. The van der Waals surface area contributed by atoms with Crippen LogP contribution in [0, 0.1) is 5.82 Å². The SMILES string of the molecule is CC(C)(C)OC(=O)N[C@@H](CC(=O)O)Cc1ccc(Br)cc1F.